The average Bonchev–Trinajstić information content (AvgIpc) is 3.05. The number of aryl methyl sites for hydroxylation is 1. The Labute approximate surface area is 137 Å². The molecule has 1 amide bonds. The summed E-state index contributed by atoms with van der Waals surface area (Å²) < 4.78 is 0. The number of likely N-dealkylation sites (tertiary alicyclic amines) is 1. The number of aromatic nitrogens is 3. The first-order valence-electron chi connectivity index (χ1n) is 8.12. The molecule has 1 aliphatic carbocycles. The third kappa shape index (κ3) is 3.98. The fraction of sp³-hybridized carbons (Fsp3) is 0.800. The molecular formula is C15H26ClN5O. The fourth-order valence-corrected chi connectivity index (χ4v) is 3.77. The number of fused-ring (bicyclic) bond motifs is 1. The van der Waals surface area contributed by atoms with Crippen molar-refractivity contribution in [1.82, 2.24) is 19.9 Å². The number of carbonyl (C=O) groups excluding carboxylic acids is 1. The Bertz CT molecular complexity index is 467. The van der Waals surface area contributed by atoms with E-state index in [0.29, 0.717) is 18.9 Å². The van der Waals surface area contributed by atoms with E-state index in [0.717, 1.165) is 25.4 Å². The highest BCUT2D eigenvalue weighted by atomic mass is 35.5. The molecule has 2 unspecified atom stereocenters. The maximum atomic E-state index is 12.5. The zero-order valence-electron chi connectivity index (χ0n) is 12.9. The van der Waals surface area contributed by atoms with Gasteiger partial charge in [-0.05, 0) is 31.1 Å². The van der Waals surface area contributed by atoms with Gasteiger partial charge in [-0.1, -0.05) is 19.3 Å². The number of amides is 1. The van der Waals surface area contributed by atoms with Crippen molar-refractivity contribution in [3.8, 4) is 0 Å². The van der Waals surface area contributed by atoms with Crippen LogP contribution in [0.2, 0.25) is 0 Å². The van der Waals surface area contributed by atoms with E-state index in [1.807, 2.05) is 4.90 Å². The minimum Gasteiger partial charge on any atom is -0.341 e. The van der Waals surface area contributed by atoms with Crippen LogP contribution in [-0.4, -0.2) is 44.9 Å². The Kier molecular flexibility index (Phi) is 6.20. The number of halogens is 1. The largest absolute Gasteiger partial charge is 0.341 e. The molecule has 124 valence electrons. The van der Waals surface area contributed by atoms with Crippen molar-refractivity contribution in [3.05, 3.63) is 12.4 Å². The van der Waals surface area contributed by atoms with Crippen LogP contribution in [0.3, 0.4) is 0 Å². The van der Waals surface area contributed by atoms with Gasteiger partial charge in [0.25, 0.3) is 0 Å². The second-order valence-corrected chi connectivity index (χ2v) is 6.40. The molecule has 1 aromatic rings. The van der Waals surface area contributed by atoms with Gasteiger partial charge in [0.2, 0.25) is 5.91 Å². The van der Waals surface area contributed by atoms with Crippen molar-refractivity contribution < 1.29 is 4.79 Å². The van der Waals surface area contributed by atoms with Crippen molar-refractivity contribution in [2.24, 2.45) is 17.6 Å². The predicted octanol–water partition coefficient (Wildman–Crippen LogP) is 1.46. The molecular weight excluding hydrogens is 302 g/mol. The number of hydrogen-bond donors (Lipinski definition) is 1. The number of carbonyl (C=O) groups is 1. The lowest BCUT2D eigenvalue weighted by molar-refractivity contribution is -0.135. The summed E-state index contributed by atoms with van der Waals surface area (Å²) in [6.07, 6.45) is 10.3. The Morgan fingerprint density at radius 1 is 1.18 bits per heavy atom. The molecule has 0 aromatic carbocycles. The van der Waals surface area contributed by atoms with Crippen LogP contribution in [0.1, 0.15) is 38.5 Å². The molecule has 0 spiro atoms. The van der Waals surface area contributed by atoms with Gasteiger partial charge in [-0.15, -0.1) is 12.4 Å². The highest BCUT2D eigenvalue weighted by Crippen LogP contribution is 2.36. The summed E-state index contributed by atoms with van der Waals surface area (Å²) in [6.45, 7) is 2.39. The second-order valence-electron chi connectivity index (χ2n) is 6.40. The second kappa shape index (κ2) is 7.92. The Morgan fingerprint density at radius 2 is 1.86 bits per heavy atom. The van der Waals surface area contributed by atoms with Crippen LogP contribution in [-0.2, 0) is 11.3 Å². The number of piperidine rings is 1. The van der Waals surface area contributed by atoms with Crippen LogP contribution in [0.25, 0.3) is 0 Å². The van der Waals surface area contributed by atoms with Gasteiger partial charge in [0.15, 0.2) is 0 Å². The molecule has 0 radical (unpaired) electrons. The lowest BCUT2D eigenvalue weighted by Gasteiger charge is -2.42. The lowest BCUT2D eigenvalue weighted by atomic mass is 9.75. The van der Waals surface area contributed by atoms with E-state index >= 15 is 0 Å². The minimum atomic E-state index is -0.434. The minimum absolute atomic E-state index is 0. The number of hydrogen-bond acceptors (Lipinski definition) is 4. The molecule has 2 heterocycles. The van der Waals surface area contributed by atoms with Crippen molar-refractivity contribution in [3.63, 3.8) is 0 Å². The van der Waals surface area contributed by atoms with Crippen molar-refractivity contribution >= 4 is 18.3 Å². The van der Waals surface area contributed by atoms with Crippen LogP contribution in [0.4, 0.5) is 0 Å². The first-order chi connectivity index (χ1) is 10.2. The summed E-state index contributed by atoms with van der Waals surface area (Å²) in [6, 6.07) is -0.434. The van der Waals surface area contributed by atoms with Crippen LogP contribution in [0.15, 0.2) is 12.4 Å². The Hall–Kier alpha value is -1.14. The van der Waals surface area contributed by atoms with E-state index in [9.17, 15) is 4.79 Å². The monoisotopic (exact) mass is 327 g/mol. The topological polar surface area (TPSA) is 77.0 Å². The van der Waals surface area contributed by atoms with Crippen molar-refractivity contribution in [1.29, 1.82) is 0 Å². The highest BCUT2D eigenvalue weighted by Gasteiger charge is 2.34. The number of nitrogens with zero attached hydrogens (tertiary/aromatic N) is 4. The summed E-state index contributed by atoms with van der Waals surface area (Å²) in [4.78, 5) is 16.1. The van der Waals surface area contributed by atoms with E-state index in [1.165, 1.54) is 25.7 Å². The molecule has 2 fully saturated rings. The van der Waals surface area contributed by atoms with Crippen LogP contribution >= 0.6 is 12.4 Å². The third-order valence-corrected chi connectivity index (χ3v) is 5.03. The molecule has 22 heavy (non-hydrogen) atoms. The van der Waals surface area contributed by atoms with E-state index in [2.05, 4.69) is 10.2 Å². The van der Waals surface area contributed by atoms with Gasteiger partial charge in [-0.25, -0.2) is 0 Å². The Balaban J connectivity index is 0.00000176. The van der Waals surface area contributed by atoms with Crippen molar-refractivity contribution in [2.45, 2.75) is 51.1 Å². The van der Waals surface area contributed by atoms with Crippen LogP contribution < -0.4 is 5.73 Å². The standard InChI is InChI=1S/C15H25N5O.ClH/c16-14(6-10-20-17-7-8-18-20)15(21)19-9-5-12-3-1-2-4-13(12)11-19;/h7-8,12-14H,1-6,9-11,16H2;1H/t12?,13?,14-;/m0./s1. The van der Waals surface area contributed by atoms with Gasteiger partial charge < -0.3 is 10.6 Å². The van der Waals surface area contributed by atoms with Gasteiger partial charge >= 0.3 is 0 Å². The molecule has 2 aliphatic rings. The summed E-state index contributed by atoms with van der Waals surface area (Å²) >= 11 is 0. The number of rotatable bonds is 4. The van der Waals surface area contributed by atoms with E-state index < -0.39 is 6.04 Å². The van der Waals surface area contributed by atoms with Gasteiger partial charge in [0.05, 0.1) is 25.0 Å². The van der Waals surface area contributed by atoms with E-state index in [-0.39, 0.29) is 18.3 Å². The summed E-state index contributed by atoms with van der Waals surface area (Å²) in [5.74, 6) is 1.65. The normalized spacial score (nSPS) is 26.0. The molecule has 1 saturated heterocycles. The quantitative estimate of drug-likeness (QED) is 0.908. The fourth-order valence-electron chi connectivity index (χ4n) is 3.77. The first kappa shape index (κ1) is 17.2. The molecule has 3 rings (SSSR count). The molecule has 1 aromatic heterocycles. The first-order valence-corrected chi connectivity index (χ1v) is 8.12. The van der Waals surface area contributed by atoms with Gasteiger partial charge in [-0.3, -0.25) is 4.79 Å². The zero-order valence-corrected chi connectivity index (χ0v) is 13.7. The predicted molar refractivity (Wildman–Crippen MR) is 86.5 cm³/mol. The van der Waals surface area contributed by atoms with E-state index in [1.54, 1.807) is 17.2 Å². The molecule has 3 atom stereocenters. The SMILES string of the molecule is Cl.N[C@@H](CCn1nccn1)C(=O)N1CCC2CCCCC2C1. The molecule has 0 bridgehead atoms. The summed E-state index contributed by atoms with van der Waals surface area (Å²) in [5.41, 5.74) is 6.07. The molecule has 6 nitrogen and oxygen atoms in total. The summed E-state index contributed by atoms with van der Waals surface area (Å²) in [7, 11) is 0. The Morgan fingerprint density at radius 3 is 2.59 bits per heavy atom. The third-order valence-electron chi connectivity index (χ3n) is 5.03. The highest BCUT2D eigenvalue weighted by molar-refractivity contribution is 5.85. The maximum absolute atomic E-state index is 12.5. The molecule has 7 heteroatoms. The lowest BCUT2D eigenvalue weighted by Crippen LogP contribution is -2.50. The molecule has 2 N–H and O–H groups in total. The smallest absolute Gasteiger partial charge is 0.239 e. The van der Waals surface area contributed by atoms with Gasteiger partial charge in [0.1, 0.15) is 0 Å². The average molecular weight is 328 g/mol. The van der Waals surface area contributed by atoms with Crippen LogP contribution in [0.5, 0.6) is 0 Å². The maximum Gasteiger partial charge on any atom is 0.239 e. The van der Waals surface area contributed by atoms with E-state index in [4.69, 9.17) is 5.73 Å². The van der Waals surface area contributed by atoms with Crippen molar-refractivity contribution in [2.75, 3.05) is 13.1 Å². The van der Waals surface area contributed by atoms with Crippen LogP contribution in [0, 0.1) is 11.8 Å². The number of nitrogens with two attached hydrogens (primary N) is 1. The zero-order chi connectivity index (χ0) is 14.7. The summed E-state index contributed by atoms with van der Waals surface area (Å²) in [5, 5.41) is 8.08. The van der Waals surface area contributed by atoms with Gasteiger partial charge in [-0.2, -0.15) is 15.0 Å². The molecule has 1 aliphatic heterocycles. The van der Waals surface area contributed by atoms with Gasteiger partial charge in [0, 0.05) is 13.1 Å². The molecule has 1 saturated carbocycles.